The lowest BCUT2D eigenvalue weighted by Crippen LogP contribution is -2.44. The second-order valence-electron chi connectivity index (χ2n) is 5.68. The van der Waals surface area contributed by atoms with Crippen molar-refractivity contribution < 1.29 is 0 Å². The highest BCUT2D eigenvalue weighted by molar-refractivity contribution is 5.22. The van der Waals surface area contributed by atoms with Crippen LogP contribution in [0.3, 0.4) is 0 Å². The third-order valence-corrected chi connectivity index (χ3v) is 4.41. The summed E-state index contributed by atoms with van der Waals surface area (Å²) in [6.07, 6.45) is 6.59. The maximum absolute atomic E-state index is 4.29. The lowest BCUT2D eigenvalue weighted by molar-refractivity contribution is 0.194. The average molecular weight is 231 g/mol. The smallest absolute Gasteiger partial charge is 0.0303 e. The van der Waals surface area contributed by atoms with Crippen molar-refractivity contribution in [3.05, 3.63) is 30.1 Å². The van der Waals surface area contributed by atoms with Crippen molar-refractivity contribution in [2.45, 2.75) is 18.8 Å². The Morgan fingerprint density at radius 1 is 1.53 bits per heavy atom. The molecule has 0 amide bonds. The highest BCUT2D eigenvalue weighted by atomic mass is 15.2. The van der Waals surface area contributed by atoms with Crippen LogP contribution in [0.1, 0.15) is 24.3 Å². The molecule has 1 N–H and O–H groups in total. The van der Waals surface area contributed by atoms with Crippen molar-refractivity contribution in [2.24, 2.45) is 5.41 Å². The van der Waals surface area contributed by atoms with Crippen LogP contribution in [0.15, 0.2) is 24.5 Å². The Kier molecular flexibility index (Phi) is 2.89. The molecule has 3 nitrogen and oxygen atoms in total. The molecule has 2 aliphatic heterocycles. The molecule has 0 radical (unpaired) electrons. The molecule has 2 unspecified atom stereocenters. The van der Waals surface area contributed by atoms with Crippen LogP contribution in [0.5, 0.6) is 0 Å². The Morgan fingerprint density at radius 3 is 3.18 bits per heavy atom. The van der Waals surface area contributed by atoms with Crippen LogP contribution in [0.2, 0.25) is 0 Å². The van der Waals surface area contributed by atoms with Gasteiger partial charge in [-0.1, -0.05) is 6.07 Å². The summed E-state index contributed by atoms with van der Waals surface area (Å²) in [5, 5.41) is 3.59. The van der Waals surface area contributed by atoms with Crippen LogP contribution in [-0.2, 0) is 0 Å². The van der Waals surface area contributed by atoms with Crippen molar-refractivity contribution >= 4 is 0 Å². The van der Waals surface area contributed by atoms with E-state index in [4.69, 9.17) is 0 Å². The summed E-state index contributed by atoms with van der Waals surface area (Å²) in [6.45, 7) is 4.75. The van der Waals surface area contributed by atoms with Gasteiger partial charge in [0.25, 0.3) is 0 Å². The first-order valence-corrected chi connectivity index (χ1v) is 6.59. The molecular formula is C14H21N3. The molecule has 3 heterocycles. The van der Waals surface area contributed by atoms with Crippen LogP contribution in [0.4, 0.5) is 0 Å². The van der Waals surface area contributed by atoms with E-state index in [1.165, 1.54) is 38.0 Å². The van der Waals surface area contributed by atoms with Crippen LogP contribution in [0, 0.1) is 5.41 Å². The summed E-state index contributed by atoms with van der Waals surface area (Å²) in [6, 6.07) is 4.31. The van der Waals surface area contributed by atoms with Gasteiger partial charge in [0.05, 0.1) is 0 Å². The van der Waals surface area contributed by atoms with Gasteiger partial charge in [-0.3, -0.25) is 4.98 Å². The monoisotopic (exact) mass is 231 g/mol. The highest BCUT2D eigenvalue weighted by Gasteiger charge is 2.46. The zero-order chi connectivity index (χ0) is 11.7. The summed E-state index contributed by atoms with van der Waals surface area (Å²) >= 11 is 0. The van der Waals surface area contributed by atoms with Gasteiger partial charge < -0.3 is 10.2 Å². The summed E-state index contributed by atoms with van der Waals surface area (Å²) < 4.78 is 0. The fraction of sp³-hybridized carbons (Fsp3) is 0.643. The molecule has 0 saturated carbocycles. The quantitative estimate of drug-likeness (QED) is 0.793. The van der Waals surface area contributed by atoms with Crippen LogP contribution >= 0.6 is 0 Å². The molecule has 0 aliphatic carbocycles. The van der Waals surface area contributed by atoms with Gasteiger partial charge in [0, 0.05) is 43.4 Å². The zero-order valence-corrected chi connectivity index (χ0v) is 10.5. The molecule has 92 valence electrons. The van der Waals surface area contributed by atoms with Gasteiger partial charge >= 0.3 is 0 Å². The number of piperidine rings is 1. The van der Waals surface area contributed by atoms with E-state index in [9.17, 15) is 0 Å². The van der Waals surface area contributed by atoms with Crippen molar-refractivity contribution in [3.63, 3.8) is 0 Å². The number of pyridine rings is 1. The van der Waals surface area contributed by atoms with Gasteiger partial charge in [0.1, 0.15) is 0 Å². The van der Waals surface area contributed by atoms with Gasteiger partial charge in [0.2, 0.25) is 0 Å². The molecule has 2 fully saturated rings. The second-order valence-corrected chi connectivity index (χ2v) is 5.68. The second kappa shape index (κ2) is 4.39. The number of aromatic nitrogens is 1. The Morgan fingerprint density at radius 2 is 2.47 bits per heavy atom. The summed E-state index contributed by atoms with van der Waals surface area (Å²) in [5.41, 5.74) is 1.86. The fourth-order valence-corrected chi connectivity index (χ4v) is 3.68. The summed E-state index contributed by atoms with van der Waals surface area (Å²) in [7, 11) is 2.24. The molecule has 3 rings (SSSR count). The van der Waals surface area contributed by atoms with Crippen molar-refractivity contribution in [3.8, 4) is 0 Å². The SMILES string of the molecule is CN1CC(c2cccnc2)C2(CCCNC2)C1. The minimum absolute atomic E-state index is 0.441. The lowest BCUT2D eigenvalue weighted by Gasteiger charge is -2.38. The number of likely N-dealkylation sites (tertiary alicyclic amines) is 1. The molecule has 3 heteroatoms. The van der Waals surface area contributed by atoms with Gasteiger partial charge in [-0.25, -0.2) is 0 Å². The first-order valence-electron chi connectivity index (χ1n) is 6.59. The van der Waals surface area contributed by atoms with E-state index in [1.54, 1.807) is 0 Å². The number of hydrogen-bond acceptors (Lipinski definition) is 3. The highest BCUT2D eigenvalue weighted by Crippen LogP contribution is 2.46. The topological polar surface area (TPSA) is 28.2 Å². The van der Waals surface area contributed by atoms with E-state index < -0.39 is 0 Å². The van der Waals surface area contributed by atoms with E-state index in [1.807, 2.05) is 6.20 Å². The molecule has 1 spiro atoms. The van der Waals surface area contributed by atoms with E-state index in [-0.39, 0.29) is 0 Å². The van der Waals surface area contributed by atoms with Crippen LogP contribution in [-0.4, -0.2) is 43.1 Å². The van der Waals surface area contributed by atoms with Gasteiger partial charge in [0.15, 0.2) is 0 Å². The van der Waals surface area contributed by atoms with E-state index in [0.29, 0.717) is 11.3 Å². The molecule has 1 aromatic heterocycles. The molecule has 2 aliphatic rings. The Labute approximate surface area is 103 Å². The molecule has 2 saturated heterocycles. The number of nitrogens with zero attached hydrogens (tertiary/aromatic N) is 2. The first-order chi connectivity index (χ1) is 8.30. The normalized spacial score (nSPS) is 34.3. The third-order valence-electron chi connectivity index (χ3n) is 4.41. The van der Waals surface area contributed by atoms with Crippen molar-refractivity contribution in [1.29, 1.82) is 0 Å². The Balaban J connectivity index is 1.91. The van der Waals surface area contributed by atoms with Crippen molar-refractivity contribution in [1.82, 2.24) is 15.2 Å². The number of rotatable bonds is 1. The fourth-order valence-electron chi connectivity index (χ4n) is 3.68. The Bertz CT molecular complexity index is 370. The summed E-state index contributed by atoms with van der Waals surface area (Å²) in [4.78, 5) is 6.77. The van der Waals surface area contributed by atoms with Crippen molar-refractivity contribution in [2.75, 3.05) is 33.2 Å². The Hall–Kier alpha value is -0.930. The minimum Gasteiger partial charge on any atom is -0.316 e. The third kappa shape index (κ3) is 1.98. The number of likely N-dealkylation sites (N-methyl/N-ethyl adjacent to an activating group) is 1. The van der Waals surface area contributed by atoms with E-state index in [2.05, 4.69) is 40.6 Å². The van der Waals surface area contributed by atoms with Gasteiger partial charge in [-0.15, -0.1) is 0 Å². The predicted molar refractivity (Wildman–Crippen MR) is 69.0 cm³/mol. The van der Waals surface area contributed by atoms with Crippen LogP contribution < -0.4 is 5.32 Å². The van der Waals surface area contributed by atoms with Gasteiger partial charge in [-0.05, 0) is 38.1 Å². The first kappa shape index (κ1) is 11.2. The number of nitrogens with one attached hydrogen (secondary N) is 1. The molecule has 0 aromatic carbocycles. The van der Waals surface area contributed by atoms with E-state index >= 15 is 0 Å². The maximum atomic E-state index is 4.29. The zero-order valence-electron chi connectivity index (χ0n) is 10.5. The molecule has 2 atom stereocenters. The minimum atomic E-state index is 0.441. The largest absolute Gasteiger partial charge is 0.316 e. The lowest BCUT2D eigenvalue weighted by atomic mass is 9.70. The van der Waals surface area contributed by atoms with E-state index in [0.717, 1.165) is 6.54 Å². The summed E-state index contributed by atoms with van der Waals surface area (Å²) in [5.74, 6) is 0.647. The standard InChI is InChI=1S/C14H21N3/c1-17-9-13(12-4-2-6-15-8-12)14(11-17)5-3-7-16-10-14/h2,4,6,8,13,16H,3,5,7,9-11H2,1H3. The number of hydrogen-bond donors (Lipinski definition) is 1. The van der Waals surface area contributed by atoms with Gasteiger partial charge in [-0.2, -0.15) is 0 Å². The maximum Gasteiger partial charge on any atom is 0.0303 e. The molecular weight excluding hydrogens is 210 g/mol. The predicted octanol–water partition coefficient (Wildman–Crippen LogP) is 1.48. The molecule has 17 heavy (non-hydrogen) atoms. The molecule has 0 bridgehead atoms. The van der Waals surface area contributed by atoms with Crippen LogP contribution in [0.25, 0.3) is 0 Å². The average Bonchev–Trinajstić information content (AvgIpc) is 2.68. The molecule has 1 aromatic rings.